The zero-order chi connectivity index (χ0) is 18.8. The Morgan fingerprint density at radius 3 is 2.81 bits per heavy atom. The molecule has 140 valence electrons. The number of aromatic amines is 1. The van der Waals surface area contributed by atoms with Crippen LogP contribution in [0.25, 0.3) is 11.6 Å². The first kappa shape index (κ1) is 16.8. The van der Waals surface area contributed by atoms with Gasteiger partial charge in [0.1, 0.15) is 0 Å². The minimum Gasteiger partial charge on any atom is -0.461 e. The number of hydrogen-bond donors (Lipinski definition) is 2. The lowest BCUT2D eigenvalue weighted by atomic mass is 10.3. The number of furan rings is 1. The van der Waals surface area contributed by atoms with E-state index in [9.17, 15) is 9.59 Å². The van der Waals surface area contributed by atoms with Crippen LogP contribution in [-0.4, -0.2) is 62.1 Å². The molecule has 0 spiro atoms. The maximum Gasteiger partial charge on any atom is 0.324 e. The minimum absolute atomic E-state index is 0.162. The van der Waals surface area contributed by atoms with Gasteiger partial charge in [-0.1, -0.05) is 0 Å². The van der Waals surface area contributed by atoms with Gasteiger partial charge in [0, 0.05) is 39.3 Å². The van der Waals surface area contributed by atoms with Gasteiger partial charge in [0.15, 0.2) is 11.6 Å². The Morgan fingerprint density at radius 1 is 1.30 bits per heavy atom. The van der Waals surface area contributed by atoms with Crippen molar-refractivity contribution in [2.24, 2.45) is 7.05 Å². The van der Waals surface area contributed by atoms with Crippen LogP contribution >= 0.6 is 0 Å². The Bertz CT molecular complexity index is 985. The molecule has 0 radical (unpaired) electrons. The van der Waals surface area contributed by atoms with E-state index in [1.165, 1.54) is 10.9 Å². The lowest BCUT2D eigenvalue weighted by Crippen LogP contribution is -2.50. The first-order chi connectivity index (χ1) is 13.1. The number of H-pyrrole nitrogens is 1. The van der Waals surface area contributed by atoms with Crippen molar-refractivity contribution in [3.05, 3.63) is 41.0 Å². The number of amides is 2. The average molecular weight is 370 g/mol. The summed E-state index contributed by atoms with van der Waals surface area (Å²) in [7, 11) is 1.61. The van der Waals surface area contributed by atoms with Crippen LogP contribution in [-0.2, 0) is 7.05 Å². The number of hydrogen-bond acceptors (Lipinski definition) is 7. The zero-order valence-electron chi connectivity index (χ0n) is 14.6. The highest BCUT2D eigenvalue weighted by molar-refractivity contribution is 5.87. The van der Waals surface area contributed by atoms with Crippen LogP contribution in [0.5, 0.6) is 0 Å². The molecule has 0 saturated carbocycles. The van der Waals surface area contributed by atoms with Crippen LogP contribution in [0.15, 0.2) is 39.9 Å². The fraction of sp³-hybridized carbons (Fsp3) is 0.312. The molecule has 0 aromatic carbocycles. The molecule has 0 unspecified atom stereocenters. The molecule has 11 heteroatoms. The molecule has 0 atom stereocenters. The monoisotopic (exact) mass is 370 g/mol. The summed E-state index contributed by atoms with van der Waals surface area (Å²) in [6.07, 6.45) is 3.19. The van der Waals surface area contributed by atoms with Crippen molar-refractivity contribution in [1.82, 2.24) is 29.9 Å². The van der Waals surface area contributed by atoms with Crippen LogP contribution in [0.4, 0.5) is 16.4 Å². The van der Waals surface area contributed by atoms with E-state index >= 15 is 0 Å². The highest BCUT2D eigenvalue weighted by Crippen LogP contribution is 2.17. The molecule has 2 N–H and O–H groups in total. The number of carbonyl (C=O) groups excluding carboxylic acids is 1. The molecular weight excluding hydrogens is 352 g/mol. The molecule has 0 bridgehead atoms. The predicted octanol–water partition coefficient (Wildman–Crippen LogP) is 0.512. The number of urea groups is 1. The molecule has 1 aliphatic heterocycles. The van der Waals surface area contributed by atoms with Crippen molar-refractivity contribution < 1.29 is 9.21 Å². The second kappa shape index (κ2) is 6.94. The molecular formula is C16H18N8O3. The molecule has 3 aromatic rings. The normalized spacial score (nSPS) is 14.4. The number of aryl methyl sites for hydroxylation is 1. The number of carbonyl (C=O) groups is 1. The second-order valence-corrected chi connectivity index (χ2v) is 6.06. The number of nitrogens with zero attached hydrogens (tertiary/aromatic N) is 6. The molecule has 11 nitrogen and oxygen atoms in total. The first-order valence-electron chi connectivity index (χ1n) is 8.41. The summed E-state index contributed by atoms with van der Waals surface area (Å²) in [5.74, 6) is 1.17. The van der Waals surface area contributed by atoms with Gasteiger partial charge < -0.3 is 14.2 Å². The number of nitrogens with one attached hydrogen (secondary N) is 2. The number of anilines is 2. The van der Waals surface area contributed by atoms with Crippen LogP contribution in [0.2, 0.25) is 0 Å². The van der Waals surface area contributed by atoms with E-state index in [4.69, 9.17) is 4.42 Å². The predicted molar refractivity (Wildman–Crippen MR) is 96.4 cm³/mol. The quantitative estimate of drug-likeness (QED) is 0.688. The van der Waals surface area contributed by atoms with E-state index in [2.05, 4.69) is 25.6 Å². The maximum atomic E-state index is 12.4. The third-order valence-corrected chi connectivity index (χ3v) is 4.34. The molecule has 3 aromatic heterocycles. The number of piperazine rings is 1. The summed E-state index contributed by atoms with van der Waals surface area (Å²) in [4.78, 5) is 32.0. The lowest BCUT2D eigenvalue weighted by Gasteiger charge is -2.35. The van der Waals surface area contributed by atoms with E-state index in [0.717, 1.165) is 5.69 Å². The summed E-state index contributed by atoms with van der Waals surface area (Å²) < 4.78 is 6.51. The summed E-state index contributed by atoms with van der Waals surface area (Å²) in [5.41, 5.74) is 0.597. The smallest absolute Gasteiger partial charge is 0.324 e. The molecule has 1 saturated heterocycles. The Labute approximate surface area is 153 Å². The fourth-order valence-electron chi connectivity index (χ4n) is 2.82. The Hall–Kier alpha value is -3.63. The Balaban J connectivity index is 1.34. The summed E-state index contributed by atoms with van der Waals surface area (Å²) >= 11 is 0. The van der Waals surface area contributed by atoms with Crippen LogP contribution in [0.1, 0.15) is 0 Å². The highest BCUT2D eigenvalue weighted by Gasteiger charge is 2.23. The van der Waals surface area contributed by atoms with Gasteiger partial charge in [-0.15, -0.1) is 5.10 Å². The summed E-state index contributed by atoms with van der Waals surface area (Å²) in [6, 6.07) is 4.76. The summed E-state index contributed by atoms with van der Waals surface area (Å²) in [6.45, 7) is 2.23. The molecule has 0 aliphatic carbocycles. The van der Waals surface area contributed by atoms with Gasteiger partial charge >= 0.3 is 6.03 Å². The van der Waals surface area contributed by atoms with Gasteiger partial charge in [-0.25, -0.2) is 9.48 Å². The van der Waals surface area contributed by atoms with E-state index in [1.807, 2.05) is 4.90 Å². The van der Waals surface area contributed by atoms with Gasteiger partial charge in [0.25, 0.3) is 11.5 Å². The van der Waals surface area contributed by atoms with Crippen molar-refractivity contribution >= 4 is 17.7 Å². The highest BCUT2D eigenvalue weighted by atomic mass is 16.3. The molecule has 1 aliphatic rings. The van der Waals surface area contributed by atoms with Crippen LogP contribution in [0.3, 0.4) is 0 Å². The summed E-state index contributed by atoms with van der Waals surface area (Å²) in [5, 5.41) is 13.4. The molecule has 27 heavy (non-hydrogen) atoms. The first-order valence-corrected chi connectivity index (χ1v) is 8.41. The molecule has 1 fully saturated rings. The van der Waals surface area contributed by atoms with Crippen molar-refractivity contribution in [2.45, 2.75) is 0 Å². The minimum atomic E-state index is -0.276. The van der Waals surface area contributed by atoms with E-state index in [1.54, 1.807) is 36.3 Å². The van der Waals surface area contributed by atoms with Crippen LogP contribution in [0, 0.1) is 0 Å². The van der Waals surface area contributed by atoms with Crippen molar-refractivity contribution in [3.63, 3.8) is 0 Å². The number of aromatic nitrogens is 5. The van der Waals surface area contributed by atoms with Gasteiger partial charge in [0.05, 0.1) is 18.1 Å². The Kier molecular flexibility index (Phi) is 4.32. The van der Waals surface area contributed by atoms with E-state index in [0.29, 0.717) is 37.8 Å². The van der Waals surface area contributed by atoms with E-state index in [-0.39, 0.29) is 17.5 Å². The lowest BCUT2D eigenvalue weighted by molar-refractivity contribution is 0.208. The standard InChI is InChI=1S/C16H18N8O3/c1-22-13(25)9-11(10-17-22)23-4-6-24(7-5-23)16(26)19-15-18-14(20-21-15)12-3-2-8-27-12/h2-3,8-10H,4-7H2,1H3,(H2,18,19,20,21,26). The average Bonchev–Trinajstić information content (AvgIpc) is 3.36. The maximum absolute atomic E-state index is 12.4. The fourth-order valence-corrected chi connectivity index (χ4v) is 2.82. The van der Waals surface area contributed by atoms with Crippen molar-refractivity contribution in [2.75, 3.05) is 36.4 Å². The van der Waals surface area contributed by atoms with E-state index < -0.39 is 0 Å². The molecule has 4 rings (SSSR count). The SMILES string of the molecule is Cn1ncc(N2CCN(C(=O)Nc3n[nH]c(-c4ccco4)n3)CC2)cc1=O. The van der Waals surface area contributed by atoms with Gasteiger partial charge in [-0.05, 0) is 12.1 Å². The Morgan fingerprint density at radius 2 is 2.11 bits per heavy atom. The second-order valence-electron chi connectivity index (χ2n) is 6.06. The van der Waals surface area contributed by atoms with Gasteiger partial charge in [0.2, 0.25) is 0 Å². The molecule has 2 amide bonds. The topological polar surface area (TPSA) is 125 Å². The van der Waals surface area contributed by atoms with Crippen molar-refractivity contribution in [1.29, 1.82) is 0 Å². The largest absolute Gasteiger partial charge is 0.461 e. The molecule has 4 heterocycles. The zero-order valence-corrected chi connectivity index (χ0v) is 14.6. The van der Waals surface area contributed by atoms with Gasteiger partial charge in [-0.3, -0.25) is 15.2 Å². The third-order valence-electron chi connectivity index (χ3n) is 4.34. The van der Waals surface area contributed by atoms with Crippen molar-refractivity contribution in [3.8, 4) is 11.6 Å². The number of rotatable bonds is 3. The third kappa shape index (κ3) is 3.52. The van der Waals surface area contributed by atoms with Gasteiger partial charge in [-0.2, -0.15) is 10.1 Å². The van der Waals surface area contributed by atoms with Crippen LogP contribution < -0.4 is 15.8 Å².